The summed E-state index contributed by atoms with van der Waals surface area (Å²) in [6.45, 7) is 3.34. The molecule has 26 heavy (non-hydrogen) atoms. The second kappa shape index (κ2) is 8.26. The predicted molar refractivity (Wildman–Crippen MR) is 103 cm³/mol. The number of rotatable bonds is 5. The average Bonchev–Trinajstić information content (AvgIpc) is 2.70. The highest BCUT2D eigenvalue weighted by atomic mass is 16.5. The fraction of sp³-hybridized carbons (Fsp3) is 0.227. The van der Waals surface area contributed by atoms with Gasteiger partial charge in [0.1, 0.15) is 24.7 Å². The van der Waals surface area contributed by atoms with E-state index in [9.17, 15) is 4.79 Å². The fourth-order valence-corrected chi connectivity index (χ4v) is 2.90. The molecule has 0 saturated heterocycles. The number of carbonyl (C=O) groups is 1. The van der Waals surface area contributed by atoms with Gasteiger partial charge in [0.05, 0.1) is 12.2 Å². The quantitative estimate of drug-likeness (QED) is 0.611. The van der Waals surface area contributed by atoms with Gasteiger partial charge in [-0.15, -0.1) is 6.42 Å². The van der Waals surface area contributed by atoms with Crippen molar-refractivity contribution >= 4 is 17.7 Å². The van der Waals surface area contributed by atoms with Crippen LogP contribution in [-0.2, 0) is 11.2 Å². The van der Waals surface area contributed by atoms with Crippen molar-refractivity contribution in [2.45, 2.75) is 13.3 Å². The monoisotopic (exact) mass is 347 g/mol. The Hall–Kier alpha value is -3.19. The fourth-order valence-electron chi connectivity index (χ4n) is 2.90. The Labute approximate surface area is 154 Å². The predicted octanol–water partition coefficient (Wildman–Crippen LogP) is 3.70. The van der Waals surface area contributed by atoms with Crippen LogP contribution in [-0.4, -0.2) is 25.7 Å². The molecule has 2 aromatic rings. The normalized spacial score (nSPS) is 13.0. The maximum absolute atomic E-state index is 12.6. The number of fused-ring (bicyclic) bond motifs is 1. The zero-order chi connectivity index (χ0) is 18.4. The lowest BCUT2D eigenvalue weighted by atomic mass is 10.1. The Morgan fingerprint density at radius 1 is 1.35 bits per heavy atom. The molecule has 2 aromatic carbocycles. The van der Waals surface area contributed by atoms with E-state index in [0.29, 0.717) is 13.2 Å². The van der Waals surface area contributed by atoms with Crippen molar-refractivity contribution in [1.29, 1.82) is 0 Å². The van der Waals surface area contributed by atoms with Gasteiger partial charge in [-0.3, -0.25) is 4.79 Å². The van der Waals surface area contributed by atoms with Gasteiger partial charge in [0.15, 0.2) is 0 Å². The van der Waals surface area contributed by atoms with Crippen molar-refractivity contribution in [3.8, 4) is 23.8 Å². The molecule has 3 rings (SSSR count). The average molecular weight is 347 g/mol. The van der Waals surface area contributed by atoms with E-state index in [-0.39, 0.29) is 12.5 Å². The summed E-state index contributed by atoms with van der Waals surface area (Å²) in [5.41, 5.74) is 2.82. The Morgan fingerprint density at radius 3 is 3.00 bits per heavy atom. The van der Waals surface area contributed by atoms with Gasteiger partial charge >= 0.3 is 0 Å². The smallest absolute Gasteiger partial charge is 0.251 e. The van der Waals surface area contributed by atoms with Crippen molar-refractivity contribution in [3.05, 3.63) is 59.7 Å². The summed E-state index contributed by atoms with van der Waals surface area (Å²) in [5, 5.41) is 0. The highest BCUT2D eigenvalue weighted by Gasteiger charge is 2.21. The zero-order valence-corrected chi connectivity index (χ0v) is 14.8. The van der Waals surface area contributed by atoms with Gasteiger partial charge in [0.2, 0.25) is 0 Å². The standard InChI is InChI=1S/C22H21NO3/c1-3-14-25-20-11-9-17(16-18(20)4-2)10-12-22(24)23-13-15-26-21-8-6-5-7-19(21)23/h1,5-12,16H,4,13-15H2,2H3/b12-10+. The summed E-state index contributed by atoms with van der Waals surface area (Å²) in [7, 11) is 0. The minimum absolute atomic E-state index is 0.0635. The summed E-state index contributed by atoms with van der Waals surface area (Å²) in [4.78, 5) is 14.4. The molecular formula is C22H21NO3. The van der Waals surface area contributed by atoms with Crippen LogP contribution < -0.4 is 14.4 Å². The number of benzene rings is 2. The van der Waals surface area contributed by atoms with Crippen molar-refractivity contribution in [1.82, 2.24) is 0 Å². The van der Waals surface area contributed by atoms with Crippen molar-refractivity contribution in [2.75, 3.05) is 24.7 Å². The lowest BCUT2D eigenvalue weighted by molar-refractivity contribution is -0.114. The zero-order valence-electron chi connectivity index (χ0n) is 14.8. The maximum Gasteiger partial charge on any atom is 0.251 e. The molecule has 0 saturated carbocycles. The molecule has 0 atom stereocenters. The molecule has 0 spiro atoms. The highest BCUT2D eigenvalue weighted by molar-refractivity contribution is 6.05. The molecule has 0 unspecified atom stereocenters. The van der Waals surface area contributed by atoms with Crippen LogP contribution >= 0.6 is 0 Å². The number of hydrogen-bond acceptors (Lipinski definition) is 3. The number of hydrogen-bond donors (Lipinski definition) is 0. The second-order valence-electron chi connectivity index (χ2n) is 5.85. The van der Waals surface area contributed by atoms with E-state index in [1.165, 1.54) is 0 Å². The summed E-state index contributed by atoms with van der Waals surface area (Å²) < 4.78 is 11.1. The third kappa shape index (κ3) is 3.89. The minimum Gasteiger partial charge on any atom is -0.490 e. The van der Waals surface area contributed by atoms with Gasteiger partial charge in [0.25, 0.3) is 5.91 Å². The number of terminal acetylenes is 1. The second-order valence-corrected chi connectivity index (χ2v) is 5.85. The molecule has 1 amide bonds. The summed E-state index contributed by atoms with van der Waals surface area (Å²) in [5.74, 6) is 3.93. The Morgan fingerprint density at radius 2 is 2.19 bits per heavy atom. The van der Waals surface area contributed by atoms with E-state index in [1.54, 1.807) is 11.0 Å². The van der Waals surface area contributed by atoms with Crippen LogP contribution in [0.1, 0.15) is 18.1 Å². The maximum atomic E-state index is 12.6. The summed E-state index contributed by atoms with van der Waals surface area (Å²) >= 11 is 0. The van der Waals surface area contributed by atoms with Gasteiger partial charge in [0, 0.05) is 6.08 Å². The molecule has 0 radical (unpaired) electrons. The SMILES string of the molecule is C#CCOc1ccc(/C=C/C(=O)N2CCOc3ccccc32)cc1CC. The number of aryl methyl sites for hydroxylation is 1. The lowest BCUT2D eigenvalue weighted by Gasteiger charge is -2.28. The number of para-hydroxylation sites is 2. The van der Waals surface area contributed by atoms with Crippen LogP contribution in [0.3, 0.4) is 0 Å². The van der Waals surface area contributed by atoms with Gasteiger partial charge in [-0.05, 0) is 47.9 Å². The molecule has 0 bridgehead atoms. The van der Waals surface area contributed by atoms with E-state index in [1.807, 2.05) is 48.5 Å². The molecule has 0 aromatic heterocycles. The van der Waals surface area contributed by atoms with Crippen molar-refractivity contribution < 1.29 is 14.3 Å². The number of anilines is 1. The number of amides is 1. The lowest BCUT2D eigenvalue weighted by Crippen LogP contribution is -2.36. The van der Waals surface area contributed by atoms with Crippen LogP contribution in [0.5, 0.6) is 11.5 Å². The molecule has 0 aliphatic carbocycles. The third-order valence-electron chi connectivity index (χ3n) is 4.19. The van der Waals surface area contributed by atoms with E-state index in [2.05, 4.69) is 12.8 Å². The first-order valence-electron chi connectivity index (χ1n) is 8.63. The van der Waals surface area contributed by atoms with E-state index in [0.717, 1.165) is 34.7 Å². The van der Waals surface area contributed by atoms with Crippen LogP contribution in [0, 0.1) is 12.3 Å². The third-order valence-corrected chi connectivity index (χ3v) is 4.19. The Balaban J connectivity index is 1.76. The number of nitrogens with zero attached hydrogens (tertiary/aromatic N) is 1. The van der Waals surface area contributed by atoms with Gasteiger partial charge < -0.3 is 14.4 Å². The largest absolute Gasteiger partial charge is 0.490 e. The first-order chi connectivity index (χ1) is 12.7. The van der Waals surface area contributed by atoms with E-state index < -0.39 is 0 Å². The number of carbonyl (C=O) groups excluding carboxylic acids is 1. The first-order valence-corrected chi connectivity index (χ1v) is 8.63. The molecule has 4 nitrogen and oxygen atoms in total. The van der Waals surface area contributed by atoms with Crippen LogP contribution in [0.4, 0.5) is 5.69 Å². The summed E-state index contributed by atoms with van der Waals surface area (Å²) in [6.07, 6.45) is 9.49. The summed E-state index contributed by atoms with van der Waals surface area (Å²) in [6, 6.07) is 13.4. The number of ether oxygens (including phenoxy) is 2. The highest BCUT2D eigenvalue weighted by Crippen LogP contribution is 2.31. The van der Waals surface area contributed by atoms with E-state index >= 15 is 0 Å². The molecule has 0 N–H and O–H groups in total. The van der Waals surface area contributed by atoms with Gasteiger partial charge in [-0.1, -0.05) is 31.0 Å². The van der Waals surface area contributed by atoms with Crippen molar-refractivity contribution in [2.24, 2.45) is 0 Å². The first kappa shape index (κ1) is 17.6. The van der Waals surface area contributed by atoms with Crippen LogP contribution in [0.15, 0.2) is 48.5 Å². The Bertz CT molecular complexity index is 864. The molecule has 1 heterocycles. The minimum atomic E-state index is -0.0635. The molecule has 132 valence electrons. The van der Waals surface area contributed by atoms with Crippen LogP contribution in [0.2, 0.25) is 0 Å². The molecule has 1 aliphatic rings. The van der Waals surface area contributed by atoms with Crippen LogP contribution in [0.25, 0.3) is 6.08 Å². The molecular weight excluding hydrogens is 326 g/mol. The topological polar surface area (TPSA) is 38.8 Å². The Kier molecular flexibility index (Phi) is 5.60. The van der Waals surface area contributed by atoms with Crippen molar-refractivity contribution in [3.63, 3.8) is 0 Å². The van der Waals surface area contributed by atoms with E-state index in [4.69, 9.17) is 15.9 Å². The van der Waals surface area contributed by atoms with Gasteiger partial charge in [-0.2, -0.15) is 0 Å². The van der Waals surface area contributed by atoms with Gasteiger partial charge in [-0.25, -0.2) is 0 Å². The molecule has 1 aliphatic heterocycles. The molecule has 4 heteroatoms. The molecule has 0 fully saturated rings.